The van der Waals surface area contributed by atoms with Gasteiger partial charge in [-0.1, -0.05) is 11.8 Å². The monoisotopic (exact) mass is 397 g/mol. The van der Waals surface area contributed by atoms with E-state index in [9.17, 15) is 14.6 Å². The molecule has 2 aliphatic rings. The number of anilines is 1. The van der Waals surface area contributed by atoms with Crippen LogP contribution in [0.15, 0.2) is 11.5 Å². The first-order valence-corrected chi connectivity index (χ1v) is 9.60. The van der Waals surface area contributed by atoms with Gasteiger partial charge in [0.1, 0.15) is 24.6 Å². The Bertz CT molecular complexity index is 854. The first-order chi connectivity index (χ1) is 11.4. The molecule has 25 heavy (non-hydrogen) atoms. The molecule has 2 aromatic rings. The average molecular weight is 397 g/mol. The standard InChI is InChI=1S/C11H14N5O6PS.Na/c1-24-11-15-5-8(12)13-3-14-9(5)16(11)10-6(17)7-4(21-10)2-20-23(18,19)22-7;/h3-4,6-7,10,17H,2H2,1H3,(H,18,19)(H2,12,13,14);/q;+1/p-1/t4-,6-,7-,10-;/m1./s1. The molecule has 2 aliphatic heterocycles. The van der Waals surface area contributed by atoms with E-state index in [-0.39, 0.29) is 42.0 Å². The minimum atomic E-state index is -4.44. The number of imidazole rings is 1. The Balaban J connectivity index is 0.00000182. The van der Waals surface area contributed by atoms with Gasteiger partial charge in [0.2, 0.25) is 0 Å². The van der Waals surface area contributed by atoms with Gasteiger partial charge in [-0.05, 0) is 6.26 Å². The zero-order chi connectivity index (χ0) is 17.1. The third-order valence-electron chi connectivity index (χ3n) is 3.87. The van der Waals surface area contributed by atoms with Crippen molar-refractivity contribution in [2.24, 2.45) is 0 Å². The second kappa shape index (κ2) is 7.04. The summed E-state index contributed by atoms with van der Waals surface area (Å²) in [6, 6.07) is 0. The molecule has 0 bridgehead atoms. The average Bonchev–Trinajstić information content (AvgIpc) is 3.06. The maximum atomic E-state index is 11.5. The number of aliphatic hydroxyl groups excluding tert-OH is 1. The molecule has 0 radical (unpaired) electrons. The number of ether oxygens (including phenoxy) is 1. The third-order valence-corrected chi connectivity index (χ3v) is 5.49. The van der Waals surface area contributed by atoms with Gasteiger partial charge in [0.25, 0.3) is 7.82 Å². The van der Waals surface area contributed by atoms with Gasteiger partial charge in [0, 0.05) is 0 Å². The number of aliphatic hydroxyl groups is 1. The Hall–Kier alpha value is -0.270. The summed E-state index contributed by atoms with van der Waals surface area (Å²) in [7, 11) is -4.44. The summed E-state index contributed by atoms with van der Waals surface area (Å²) in [6.45, 7) is -0.225. The molecule has 3 N–H and O–H groups in total. The Kier molecular flexibility index (Phi) is 5.49. The van der Waals surface area contributed by atoms with Crippen molar-refractivity contribution in [1.29, 1.82) is 0 Å². The van der Waals surface area contributed by atoms with Crippen LogP contribution in [0.4, 0.5) is 5.82 Å². The summed E-state index contributed by atoms with van der Waals surface area (Å²) in [5.74, 6) is 0.197. The number of nitrogens with zero attached hydrogens (tertiary/aromatic N) is 4. The predicted molar refractivity (Wildman–Crippen MR) is 79.9 cm³/mol. The van der Waals surface area contributed by atoms with E-state index in [0.717, 1.165) is 0 Å². The van der Waals surface area contributed by atoms with Crippen LogP contribution in [-0.4, -0.2) is 55.8 Å². The predicted octanol–water partition coefficient (Wildman–Crippen LogP) is -3.72. The molecule has 5 atom stereocenters. The van der Waals surface area contributed by atoms with Crippen LogP contribution >= 0.6 is 19.6 Å². The van der Waals surface area contributed by atoms with E-state index < -0.39 is 32.4 Å². The van der Waals surface area contributed by atoms with Crippen molar-refractivity contribution in [2.75, 3.05) is 18.6 Å². The van der Waals surface area contributed by atoms with Crippen molar-refractivity contribution in [3.8, 4) is 0 Å². The molecule has 14 heteroatoms. The number of nitrogen functional groups attached to an aromatic ring is 1. The zero-order valence-electron chi connectivity index (χ0n) is 13.3. The Morgan fingerprint density at radius 2 is 2.28 bits per heavy atom. The largest absolute Gasteiger partial charge is 1.00 e. The van der Waals surface area contributed by atoms with Crippen LogP contribution in [0.3, 0.4) is 0 Å². The minimum Gasteiger partial charge on any atom is -0.756 e. The molecule has 130 valence electrons. The second-order valence-electron chi connectivity index (χ2n) is 5.27. The van der Waals surface area contributed by atoms with E-state index >= 15 is 0 Å². The molecule has 4 heterocycles. The SMILES string of the molecule is CSc1nc2c(N)ncnc2n1[C@@H]1O[C@@H]2COP(=O)([O-])O[C@H]2[C@H]1O.[Na+]. The fourth-order valence-electron chi connectivity index (χ4n) is 2.82. The van der Waals surface area contributed by atoms with Crippen molar-refractivity contribution in [3.63, 3.8) is 0 Å². The molecule has 0 saturated carbocycles. The van der Waals surface area contributed by atoms with Crippen molar-refractivity contribution >= 4 is 36.6 Å². The summed E-state index contributed by atoms with van der Waals surface area (Å²) < 4.78 is 28.3. The summed E-state index contributed by atoms with van der Waals surface area (Å²) in [6.07, 6.45) is -0.907. The number of phosphoric acid groups is 1. The molecule has 0 aromatic carbocycles. The van der Waals surface area contributed by atoms with Crippen LogP contribution < -0.4 is 40.2 Å². The summed E-state index contributed by atoms with van der Waals surface area (Å²) in [5.41, 5.74) is 6.57. The molecular formula is C11H13N5NaO6PS. The molecule has 2 aromatic heterocycles. The van der Waals surface area contributed by atoms with E-state index in [1.165, 1.54) is 18.1 Å². The number of hydrogen-bond donors (Lipinski definition) is 2. The van der Waals surface area contributed by atoms with Crippen molar-refractivity contribution < 1.29 is 57.9 Å². The van der Waals surface area contributed by atoms with E-state index in [4.69, 9.17) is 15.0 Å². The van der Waals surface area contributed by atoms with Gasteiger partial charge < -0.3 is 29.5 Å². The van der Waals surface area contributed by atoms with Crippen LogP contribution in [-0.2, 0) is 18.3 Å². The first-order valence-electron chi connectivity index (χ1n) is 6.91. The Morgan fingerprint density at radius 3 is 3.00 bits per heavy atom. The Labute approximate surface area is 168 Å². The fourth-order valence-corrected chi connectivity index (χ4v) is 4.34. The topological polar surface area (TPSA) is 158 Å². The number of thioether (sulfide) groups is 1. The number of hydrogen-bond acceptors (Lipinski definition) is 11. The maximum Gasteiger partial charge on any atom is 1.00 e. The van der Waals surface area contributed by atoms with Crippen molar-refractivity contribution in [2.45, 2.75) is 29.7 Å². The molecular weight excluding hydrogens is 384 g/mol. The van der Waals surface area contributed by atoms with Crippen LogP contribution in [0.1, 0.15) is 6.23 Å². The van der Waals surface area contributed by atoms with E-state index in [1.54, 1.807) is 10.8 Å². The van der Waals surface area contributed by atoms with Gasteiger partial charge in [-0.15, -0.1) is 0 Å². The third kappa shape index (κ3) is 3.25. The van der Waals surface area contributed by atoms with Gasteiger partial charge in [-0.25, -0.2) is 15.0 Å². The Morgan fingerprint density at radius 1 is 1.52 bits per heavy atom. The number of phosphoric ester groups is 1. The van der Waals surface area contributed by atoms with Crippen LogP contribution in [0.2, 0.25) is 0 Å². The molecule has 0 aliphatic carbocycles. The van der Waals surface area contributed by atoms with E-state index in [1.807, 2.05) is 0 Å². The van der Waals surface area contributed by atoms with Crippen LogP contribution in [0.5, 0.6) is 0 Å². The zero-order valence-corrected chi connectivity index (χ0v) is 17.0. The minimum absolute atomic E-state index is 0. The molecule has 11 nitrogen and oxygen atoms in total. The summed E-state index contributed by atoms with van der Waals surface area (Å²) in [5, 5.41) is 11.0. The molecule has 1 unspecified atom stereocenters. The van der Waals surface area contributed by atoms with Gasteiger partial charge in [-0.3, -0.25) is 9.13 Å². The molecule has 4 rings (SSSR count). The molecule has 0 amide bonds. The van der Waals surface area contributed by atoms with Crippen LogP contribution in [0, 0.1) is 0 Å². The fraction of sp³-hybridized carbons (Fsp3) is 0.545. The summed E-state index contributed by atoms with van der Waals surface area (Å²) in [4.78, 5) is 23.9. The maximum absolute atomic E-state index is 11.5. The molecule has 2 fully saturated rings. The number of rotatable bonds is 2. The van der Waals surface area contributed by atoms with Gasteiger partial charge in [0.05, 0.1) is 6.61 Å². The second-order valence-corrected chi connectivity index (χ2v) is 7.41. The number of nitrogens with two attached hydrogens (primary N) is 1. The van der Waals surface area contributed by atoms with Crippen molar-refractivity contribution in [1.82, 2.24) is 19.5 Å². The molecule has 0 spiro atoms. The summed E-state index contributed by atoms with van der Waals surface area (Å²) >= 11 is 1.30. The van der Waals surface area contributed by atoms with Crippen LogP contribution in [0.25, 0.3) is 11.2 Å². The van der Waals surface area contributed by atoms with E-state index in [2.05, 4.69) is 19.5 Å². The first kappa shape index (κ1) is 19.5. The smallest absolute Gasteiger partial charge is 0.756 e. The van der Waals surface area contributed by atoms with Crippen molar-refractivity contribution in [3.05, 3.63) is 6.33 Å². The quantitative estimate of drug-likeness (QED) is 0.292. The van der Waals surface area contributed by atoms with Gasteiger partial charge in [-0.2, -0.15) is 0 Å². The van der Waals surface area contributed by atoms with Gasteiger partial charge >= 0.3 is 29.6 Å². The van der Waals surface area contributed by atoms with E-state index in [0.29, 0.717) is 16.3 Å². The molecule has 2 saturated heterocycles. The van der Waals surface area contributed by atoms with Gasteiger partial charge in [0.15, 0.2) is 28.4 Å². The number of fused-ring (bicyclic) bond motifs is 2. The number of aromatic nitrogens is 4. The normalized spacial score (nSPS) is 34.7.